The van der Waals surface area contributed by atoms with Crippen LogP contribution in [0.5, 0.6) is 5.88 Å². The van der Waals surface area contributed by atoms with Crippen LogP contribution < -0.4 is 4.90 Å². The Balaban J connectivity index is 1.66. The molecule has 7 nitrogen and oxygen atoms in total. The van der Waals surface area contributed by atoms with E-state index in [1.165, 1.54) is 6.20 Å². The molecule has 1 aromatic carbocycles. The number of carbonyl (C=O) groups is 1. The highest BCUT2D eigenvalue weighted by Crippen LogP contribution is 2.22. The molecule has 0 bridgehead atoms. The number of aromatic hydroxyl groups is 1. The van der Waals surface area contributed by atoms with Crippen molar-refractivity contribution in [1.82, 2.24) is 14.9 Å². The number of nitrogens with zero attached hydrogens (tertiary/aromatic N) is 4. The van der Waals surface area contributed by atoms with Crippen molar-refractivity contribution in [2.24, 2.45) is 0 Å². The van der Waals surface area contributed by atoms with E-state index < -0.39 is 5.60 Å². The van der Waals surface area contributed by atoms with Gasteiger partial charge in [0.15, 0.2) is 0 Å². The summed E-state index contributed by atoms with van der Waals surface area (Å²) >= 11 is 0. The number of rotatable bonds is 1. The molecule has 0 radical (unpaired) electrons. The molecule has 1 amide bonds. The smallest absolute Gasteiger partial charge is 0.410 e. The van der Waals surface area contributed by atoms with Crippen molar-refractivity contribution in [3.05, 3.63) is 24.4 Å². The lowest BCUT2D eigenvalue weighted by Gasteiger charge is -2.36. The lowest BCUT2D eigenvalue weighted by atomic mass is 10.2. The summed E-state index contributed by atoms with van der Waals surface area (Å²) in [5, 5.41) is 9.38. The Morgan fingerprint density at radius 2 is 1.88 bits per heavy atom. The summed E-state index contributed by atoms with van der Waals surface area (Å²) in [6, 6.07) is 5.75. The van der Waals surface area contributed by atoms with Crippen LogP contribution in [0.4, 0.5) is 10.5 Å². The number of ether oxygens (including phenoxy) is 1. The van der Waals surface area contributed by atoms with Gasteiger partial charge in [0.2, 0.25) is 5.88 Å². The molecule has 1 N–H and O–H groups in total. The van der Waals surface area contributed by atoms with Crippen LogP contribution in [-0.4, -0.2) is 57.8 Å². The number of piperazine rings is 1. The second-order valence-corrected chi connectivity index (χ2v) is 6.86. The SMILES string of the molecule is CC(C)(C)OC(=O)N1CCN(c2ccc3nc(O)cnc3c2)CC1. The lowest BCUT2D eigenvalue weighted by molar-refractivity contribution is 0.0240. The summed E-state index contributed by atoms with van der Waals surface area (Å²) in [6.07, 6.45) is 1.08. The number of carbonyl (C=O) groups excluding carboxylic acids is 1. The van der Waals surface area contributed by atoms with Crippen LogP contribution in [0.15, 0.2) is 24.4 Å². The zero-order valence-electron chi connectivity index (χ0n) is 14.2. The maximum absolute atomic E-state index is 12.1. The second-order valence-electron chi connectivity index (χ2n) is 6.86. The van der Waals surface area contributed by atoms with Gasteiger partial charge in [-0.3, -0.25) is 0 Å². The number of amides is 1. The van der Waals surface area contributed by atoms with Crippen LogP contribution in [0.2, 0.25) is 0 Å². The van der Waals surface area contributed by atoms with Crippen molar-refractivity contribution < 1.29 is 14.6 Å². The molecule has 1 aliphatic heterocycles. The predicted octanol–water partition coefficient (Wildman–Crippen LogP) is 2.39. The van der Waals surface area contributed by atoms with Crippen LogP contribution in [0, 0.1) is 0 Å². The average Bonchev–Trinajstić information content (AvgIpc) is 2.53. The molecule has 0 atom stereocenters. The van der Waals surface area contributed by atoms with E-state index in [1.807, 2.05) is 39.0 Å². The zero-order valence-corrected chi connectivity index (χ0v) is 14.2. The molecule has 1 saturated heterocycles. The number of benzene rings is 1. The Bertz CT molecular complexity index is 749. The number of aromatic nitrogens is 2. The summed E-state index contributed by atoms with van der Waals surface area (Å²) in [6.45, 7) is 8.31. The van der Waals surface area contributed by atoms with E-state index in [4.69, 9.17) is 4.74 Å². The molecule has 1 aliphatic rings. The van der Waals surface area contributed by atoms with Gasteiger partial charge < -0.3 is 19.6 Å². The first kappa shape index (κ1) is 16.3. The molecule has 0 aliphatic carbocycles. The first-order chi connectivity index (χ1) is 11.3. The van der Waals surface area contributed by atoms with E-state index >= 15 is 0 Å². The monoisotopic (exact) mass is 330 g/mol. The second kappa shape index (κ2) is 6.14. The minimum absolute atomic E-state index is 0.0822. The normalized spacial score (nSPS) is 15.6. The van der Waals surface area contributed by atoms with Gasteiger partial charge in [0, 0.05) is 31.9 Å². The van der Waals surface area contributed by atoms with Gasteiger partial charge in [-0.1, -0.05) is 0 Å². The van der Waals surface area contributed by atoms with Crippen molar-refractivity contribution in [3.63, 3.8) is 0 Å². The standard InChI is InChI=1S/C17H22N4O3/c1-17(2,3)24-16(23)21-8-6-20(7-9-21)12-4-5-13-14(10-12)18-11-15(22)19-13/h4-5,10-11H,6-9H2,1-3H3,(H,19,22). The molecule has 0 unspecified atom stereocenters. The van der Waals surface area contributed by atoms with Crippen molar-refractivity contribution in [3.8, 4) is 5.88 Å². The fourth-order valence-corrected chi connectivity index (χ4v) is 2.66. The van der Waals surface area contributed by atoms with Crippen LogP contribution in [0.1, 0.15) is 20.8 Å². The molecule has 0 spiro atoms. The molecule has 3 rings (SSSR count). The van der Waals surface area contributed by atoms with Gasteiger partial charge in [0.25, 0.3) is 0 Å². The molecule has 24 heavy (non-hydrogen) atoms. The van der Waals surface area contributed by atoms with E-state index in [1.54, 1.807) is 4.90 Å². The lowest BCUT2D eigenvalue weighted by Crippen LogP contribution is -2.50. The molecule has 1 aromatic heterocycles. The largest absolute Gasteiger partial charge is 0.492 e. The van der Waals surface area contributed by atoms with Crippen LogP contribution >= 0.6 is 0 Å². The van der Waals surface area contributed by atoms with Crippen molar-refractivity contribution in [2.75, 3.05) is 31.1 Å². The summed E-state index contributed by atoms with van der Waals surface area (Å²) in [4.78, 5) is 24.3. The molecular weight excluding hydrogens is 308 g/mol. The minimum Gasteiger partial charge on any atom is -0.492 e. The quantitative estimate of drug-likeness (QED) is 0.865. The van der Waals surface area contributed by atoms with Gasteiger partial charge >= 0.3 is 6.09 Å². The number of anilines is 1. The first-order valence-corrected chi connectivity index (χ1v) is 8.00. The predicted molar refractivity (Wildman–Crippen MR) is 91.2 cm³/mol. The third kappa shape index (κ3) is 3.67. The van der Waals surface area contributed by atoms with E-state index in [9.17, 15) is 9.90 Å². The van der Waals surface area contributed by atoms with Gasteiger partial charge in [0.05, 0.1) is 17.2 Å². The maximum atomic E-state index is 12.1. The van der Waals surface area contributed by atoms with Crippen LogP contribution in [0.25, 0.3) is 11.0 Å². The third-order valence-electron chi connectivity index (χ3n) is 3.81. The molecule has 128 valence electrons. The number of hydrogen-bond acceptors (Lipinski definition) is 6. The summed E-state index contributed by atoms with van der Waals surface area (Å²) in [5.41, 5.74) is 1.95. The minimum atomic E-state index is -0.475. The molecule has 7 heteroatoms. The summed E-state index contributed by atoms with van der Waals surface area (Å²) in [7, 11) is 0. The fraction of sp³-hybridized carbons (Fsp3) is 0.471. The first-order valence-electron chi connectivity index (χ1n) is 8.00. The van der Waals surface area contributed by atoms with Gasteiger partial charge in [-0.15, -0.1) is 0 Å². The highest BCUT2D eigenvalue weighted by Gasteiger charge is 2.26. The van der Waals surface area contributed by atoms with Crippen molar-refractivity contribution >= 4 is 22.8 Å². The van der Waals surface area contributed by atoms with Crippen molar-refractivity contribution in [1.29, 1.82) is 0 Å². The Kier molecular flexibility index (Phi) is 4.17. The highest BCUT2D eigenvalue weighted by atomic mass is 16.6. The van der Waals surface area contributed by atoms with Crippen LogP contribution in [0.3, 0.4) is 0 Å². The average molecular weight is 330 g/mol. The Labute approximate surface area is 140 Å². The van der Waals surface area contributed by atoms with Crippen molar-refractivity contribution in [2.45, 2.75) is 26.4 Å². The molecule has 2 heterocycles. The highest BCUT2D eigenvalue weighted by molar-refractivity contribution is 5.79. The van der Waals surface area contributed by atoms with Gasteiger partial charge in [0.1, 0.15) is 5.60 Å². The Morgan fingerprint density at radius 3 is 2.54 bits per heavy atom. The topological polar surface area (TPSA) is 78.8 Å². The van der Waals surface area contributed by atoms with E-state index in [0.717, 1.165) is 24.3 Å². The van der Waals surface area contributed by atoms with E-state index in [0.29, 0.717) is 18.6 Å². The van der Waals surface area contributed by atoms with E-state index in [-0.39, 0.29) is 12.0 Å². The summed E-state index contributed by atoms with van der Waals surface area (Å²) < 4.78 is 5.41. The Hall–Kier alpha value is -2.57. The maximum Gasteiger partial charge on any atom is 0.410 e. The van der Waals surface area contributed by atoms with E-state index in [2.05, 4.69) is 14.9 Å². The number of fused-ring (bicyclic) bond motifs is 1. The molecule has 1 fully saturated rings. The zero-order chi connectivity index (χ0) is 17.3. The van der Waals surface area contributed by atoms with Crippen LogP contribution in [-0.2, 0) is 4.74 Å². The molecule has 0 saturated carbocycles. The van der Waals surface area contributed by atoms with Gasteiger partial charge in [-0.25, -0.2) is 14.8 Å². The number of hydrogen-bond donors (Lipinski definition) is 1. The summed E-state index contributed by atoms with van der Waals surface area (Å²) in [5.74, 6) is -0.0822. The fourth-order valence-electron chi connectivity index (χ4n) is 2.66. The molecule has 2 aromatic rings. The Morgan fingerprint density at radius 1 is 1.17 bits per heavy atom. The van der Waals surface area contributed by atoms with Gasteiger partial charge in [-0.05, 0) is 39.0 Å². The molecular formula is C17H22N4O3. The van der Waals surface area contributed by atoms with Gasteiger partial charge in [-0.2, -0.15) is 0 Å². The third-order valence-corrected chi connectivity index (χ3v) is 3.81.